The van der Waals surface area contributed by atoms with Gasteiger partial charge in [-0.3, -0.25) is 9.69 Å². The Morgan fingerprint density at radius 1 is 0.939 bits per heavy atom. The Labute approximate surface area is 196 Å². The second-order valence-electron chi connectivity index (χ2n) is 9.52. The van der Waals surface area contributed by atoms with E-state index in [0.717, 1.165) is 30.8 Å². The molecule has 0 aliphatic carbocycles. The highest BCUT2D eigenvalue weighted by Crippen LogP contribution is 2.37. The van der Waals surface area contributed by atoms with Crippen LogP contribution in [0.1, 0.15) is 35.2 Å². The standard InChI is InChI=1S/C28H32N4O/c29-25-11-10-24(22-4-2-1-3-5-22)18-26(25)31-27(33)23-8-6-21(7-9-23)19-32-16-13-28(14-17-32)12-15-30-20-28/h1-11,18,30H,12-17,19-20,29H2,(H,31,33). The summed E-state index contributed by atoms with van der Waals surface area (Å²) in [4.78, 5) is 15.4. The number of amides is 1. The number of hydrogen-bond donors (Lipinski definition) is 3. The minimum absolute atomic E-state index is 0.146. The van der Waals surface area contributed by atoms with Crippen molar-refractivity contribution in [2.24, 2.45) is 5.41 Å². The number of hydrogen-bond acceptors (Lipinski definition) is 4. The quantitative estimate of drug-likeness (QED) is 0.500. The Morgan fingerprint density at radius 3 is 2.39 bits per heavy atom. The summed E-state index contributed by atoms with van der Waals surface area (Å²) in [6, 6.07) is 23.8. The van der Waals surface area contributed by atoms with Crippen LogP contribution in [0.2, 0.25) is 0 Å². The summed E-state index contributed by atoms with van der Waals surface area (Å²) in [5.41, 5.74) is 11.9. The van der Waals surface area contributed by atoms with Crippen LogP contribution >= 0.6 is 0 Å². The first-order valence-electron chi connectivity index (χ1n) is 11.9. The number of carbonyl (C=O) groups excluding carboxylic acids is 1. The van der Waals surface area contributed by atoms with E-state index >= 15 is 0 Å². The molecule has 2 heterocycles. The van der Waals surface area contributed by atoms with Gasteiger partial charge in [0.25, 0.3) is 5.91 Å². The fourth-order valence-corrected chi connectivity index (χ4v) is 5.10. The number of nitrogens with zero attached hydrogens (tertiary/aromatic N) is 1. The molecule has 1 spiro atoms. The first-order chi connectivity index (χ1) is 16.1. The third kappa shape index (κ3) is 4.95. The van der Waals surface area contributed by atoms with Gasteiger partial charge in [0.15, 0.2) is 0 Å². The molecule has 2 fully saturated rings. The normalized spacial score (nSPS) is 17.8. The molecule has 3 aromatic rings. The lowest BCUT2D eigenvalue weighted by molar-refractivity contribution is 0.102. The van der Waals surface area contributed by atoms with Gasteiger partial charge in [0.05, 0.1) is 11.4 Å². The minimum Gasteiger partial charge on any atom is -0.397 e. The van der Waals surface area contributed by atoms with E-state index in [1.165, 1.54) is 37.9 Å². The number of nitrogen functional groups attached to an aromatic ring is 1. The molecule has 33 heavy (non-hydrogen) atoms. The van der Waals surface area contributed by atoms with Crippen LogP contribution in [0.25, 0.3) is 11.1 Å². The third-order valence-electron chi connectivity index (χ3n) is 7.28. The molecule has 2 aliphatic heterocycles. The molecule has 2 saturated heterocycles. The highest BCUT2D eigenvalue weighted by Gasteiger charge is 2.36. The monoisotopic (exact) mass is 440 g/mol. The second-order valence-corrected chi connectivity index (χ2v) is 9.52. The summed E-state index contributed by atoms with van der Waals surface area (Å²) in [6.07, 6.45) is 3.89. The number of likely N-dealkylation sites (tertiary alicyclic amines) is 1. The molecule has 5 rings (SSSR count). The Hall–Kier alpha value is -3.15. The summed E-state index contributed by atoms with van der Waals surface area (Å²) in [5.74, 6) is -0.146. The van der Waals surface area contributed by atoms with Crippen molar-refractivity contribution in [2.45, 2.75) is 25.8 Å². The molecule has 5 heteroatoms. The van der Waals surface area contributed by atoms with Gasteiger partial charge in [0.1, 0.15) is 0 Å². The van der Waals surface area contributed by atoms with Crippen LogP contribution in [0.5, 0.6) is 0 Å². The summed E-state index contributed by atoms with van der Waals surface area (Å²) < 4.78 is 0. The van der Waals surface area contributed by atoms with Crippen LogP contribution < -0.4 is 16.4 Å². The van der Waals surface area contributed by atoms with Gasteiger partial charge in [-0.05, 0) is 85.3 Å². The van der Waals surface area contributed by atoms with E-state index in [2.05, 4.69) is 27.7 Å². The molecular formula is C28H32N4O. The first kappa shape index (κ1) is 21.7. The molecule has 5 nitrogen and oxygen atoms in total. The minimum atomic E-state index is -0.146. The fraction of sp³-hybridized carbons (Fsp3) is 0.321. The Bertz CT molecular complexity index is 1090. The average molecular weight is 441 g/mol. The number of anilines is 2. The third-order valence-corrected chi connectivity index (χ3v) is 7.28. The SMILES string of the molecule is Nc1ccc(-c2ccccc2)cc1NC(=O)c1ccc(CN2CCC3(CCNC3)CC2)cc1. The van der Waals surface area contributed by atoms with Crippen molar-refractivity contribution in [2.75, 3.05) is 37.2 Å². The molecule has 1 amide bonds. The van der Waals surface area contributed by atoms with Gasteiger partial charge in [0.2, 0.25) is 0 Å². The fourth-order valence-electron chi connectivity index (χ4n) is 5.10. The molecule has 2 aliphatic rings. The highest BCUT2D eigenvalue weighted by atomic mass is 16.1. The van der Waals surface area contributed by atoms with Crippen molar-refractivity contribution < 1.29 is 4.79 Å². The predicted molar refractivity (Wildman–Crippen MR) is 135 cm³/mol. The maximum atomic E-state index is 12.9. The van der Waals surface area contributed by atoms with Crippen LogP contribution in [0, 0.1) is 5.41 Å². The smallest absolute Gasteiger partial charge is 0.255 e. The van der Waals surface area contributed by atoms with Crippen molar-refractivity contribution in [3.63, 3.8) is 0 Å². The van der Waals surface area contributed by atoms with Gasteiger partial charge in [-0.15, -0.1) is 0 Å². The molecular weight excluding hydrogens is 408 g/mol. The second kappa shape index (κ2) is 9.38. The van der Waals surface area contributed by atoms with E-state index in [1.807, 2.05) is 60.7 Å². The van der Waals surface area contributed by atoms with Crippen molar-refractivity contribution in [1.82, 2.24) is 10.2 Å². The summed E-state index contributed by atoms with van der Waals surface area (Å²) >= 11 is 0. The Kier molecular flexibility index (Phi) is 6.16. The van der Waals surface area contributed by atoms with Crippen molar-refractivity contribution >= 4 is 17.3 Å². The van der Waals surface area contributed by atoms with Crippen LogP contribution in [0.15, 0.2) is 72.8 Å². The zero-order valence-corrected chi connectivity index (χ0v) is 19.0. The Morgan fingerprint density at radius 2 is 1.70 bits per heavy atom. The molecule has 0 bridgehead atoms. The van der Waals surface area contributed by atoms with E-state index in [-0.39, 0.29) is 5.91 Å². The maximum Gasteiger partial charge on any atom is 0.255 e. The summed E-state index contributed by atoms with van der Waals surface area (Å²) in [6.45, 7) is 5.61. The van der Waals surface area contributed by atoms with Gasteiger partial charge in [0, 0.05) is 18.7 Å². The van der Waals surface area contributed by atoms with E-state index < -0.39 is 0 Å². The molecule has 4 N–H and O–H groups in total. The van der Waals surface area contributed by atoms with Crippen LogP contribution in [0.4, 0.5) is 11.4 Å². The number of benzene rings is 3. The van der Waals surface area contributed by atoms with Gasteiger partial charge in [-0.2, -0.15) is 0 Å². The number of rotatable bonds is 5. The van der Waals surface area contributed by atoms with Gasteiger partial charge in [-0.1, -0.05) is 48.5 Å². The maximum absolute atomic E-state index is 12.9. The lowest BCUT2D eigenvalue weighted by Gasteiger charge is -2.38. The number of nitrogens with one attached hydrogen (secondary N) is 2. The van der Waals surface area contributed by atoms with E-state index in [4.69, 9.17) is 5.73 Å². The molecule has 0 saturated carbocycles. The van der Waals surface area contributed by atoms with Crippen molar-refractivity contribution in [3.8, 4) is 11.1 Å². The zero-order chi connectivity index (χ0) is 22.7. The summed E-state index contributed by atoms with van der Waals surface area (Å²) in [7, 11) is 0. The predicted octanol–water partition coefficient (Wildman–Crippen LogP) is 4.76. The molecule has 3 aromatic carbocycles. The lowest BCUT2D eigenvalue weighted by Crippen LogP contribution is -2.40. The summed E-state index contributed by atoms with van der Waals surface area (Å²) in [5, 5.41) is 6.52. The number of carbonyl (C=O) groups is 1. The molecule has 170 valence electrons. The number of nitrogens with two attached hydrogens (primary N) is 1. The van der Waals surface area contributed by atoms with Crippen molar-refractivity contribution in [1.29, 1.82) is 0 Å². The first-order valence-corrected chi connectivity index (χ1v) is 11.9. The van der Waals surface area contributed by atoms with Crippen LogP contribution in [-0.2, 0) is 6.54 Å². The van der Waals surface area contributed by atoms with Gasteiger partial charge in [-0.25, -0.2) is 0 Å². The molecule has 0 atom stereocenters. The number of piperidine rings is 1. The zero-order valence-electron chi connectivity index (χ0n) is 19.0. The van der Waals surface area contributed by atoms with E-state index in [9.17, 15) is 4.79 Å². The Balaban J connectivity index is 1.21. The average Bonchev–Trinajstić information content (AvgIpc) is 3.31. The van der Waals surface area contributed by atoms with Crippen LogP contribution in [0.3, 0.4) is 0 Å². The van der Waals surface area contributed by atoms with E-state index in [1.54, 1.807) is 0 Å². The topological polar surface area (TPSA) is 70.4 Å². The van der Waals surface area contributed by atoms with Crippen LogP contribution in [-0.4, -0.2) is 37.0 Å². The van der Waals surface area contributed by atoms with Crippen molar-refractivity contribution in [3.05, 3.63) is 83.9 Å². The molecule has 0 aromatic heterocycles. The van der Waals surface area contributed by atoms with E-state index in [0.29, 0.717) is 22.4 Å². The highest BCUT2D eigenvalue weighted by molar-refractivity contribution is 6.06. The molecule has 0 unspecified atom stereocenters. The lowest BCUT2D eigenvalue weighted by atomic mass is 9.78. The molecule has 0 radical (unpaired) electrons. The van der Waals surface area contributed by atoms with Gasteiger partial charge < -0.3 is 16.4 Å². The van der Waals surface area contributed by atoms with Gasteiger partial charge >= 0.3 is 0 Å². The largest absolute Gasteiger partial charge is 0.397 e.